The molecule has 1 atom stereocenters. The van der Waals surface area contributed by atoms with E-state index in [1.165, 1.54) is 43.5 Å². The number of hydrogen-bond donors (Lipinski definition) is 1. The molecule has 0 aliphatic carbocycles. The second-order valence-corrected chi connectivity index (χ2v) is 5.51. The Kier molecular flexibility index (Phi) is 5.21. The summed E-state index contributed by atoms with van der Waals surface area (Å²) in [5.41, 5.74) is 8.36. The second kappa shape index (κ2) is 6.91. The van der Waals surface area contributed by atoms with Crippen LogP contribution in [-0.2, 0) is 13.0 Å². The molecular formula is C16H26N2. The Hall–Kier alpha value is -0.860. The van der Waals surface area contributed by atoms with Crippen molar-refractivity contribution >= 4 is 0 Å². The molecule has 2 N–H and O–H groups in total. The third-order valence-corrected chi connectivity index (χ3v) is 4.04. The first-order chi connectivity index (χ1) is 8.81. The van der Waals surface area contributed by atoms with Gasteiger partial charge in [0.1, 0.15) is 0 Å². The van der Waals surface area contributed by atoms with Crippen LogP contribution in [0.15, 0.2) is 24.3 Å². The molecule has 2 rings (SSSR count). The number of benzene rings is 1. The maximum absolute atomic E-state index is 5.57. The molecule has 1 aliphatic rings. The Morgan fingerprint density at radius 2 is 1.94 bits per heavy atom. The minimum atomic E-state index is 0.740. The molecule has 1 unspecified atom stereocenters. The molecule has 0 saturated carbocycles. The molecule has 1 aromatic rings. The van der Waals surface area contributed by atoms with E-state index in [0.29, 0.717) is 0 Å². The average Bonchev–Trinajstić information content (AvgIpc) is 2.42. The highest BCUT2D eigenvalue weighted by molar-refractivity contribution is 5.22. The van der Waals surface area contributed by atoms with Crippen LogP contribution in [0.4, 0.5) is 0 Å². The van der Waals surface area contributed by atoms with Gasteiger partial charge in [-0.3, -0.25) is 4.90 Å². The van der Waals surface area contributed by atoms with Gasteiger partial charge in [-0.2, -0.15) is 0 Å². The molecule has 100 valence electrons. The van der Waals surface area contributed by atoms with Gasteiger partial charge in [0.15, 0.2) is 0 Å². The predicted molar refractivity (Wildman–Crippen MR) is 77.5 cm³/mol. The summed E-state index contributed by atoms with van der Waals surface area (Å²) >= 11 is 0. The quantitative estimate of drug-likeness (QED) is 0.865. The fourth-order valence-corrected chi connectivity index (χ4v) is 2.86. The van der Waals surface area contributed by atoms with Crippen molar-refractivity contribution in [3.05, 3.63) is 35.4 Å². The third kappa shape index (κ3) is 3.82. The topological polar surface area (TPSA) is 29.3 Å². The molecule has 1 aromatic carbocycles. The van der Waals surface area contributed by atoms with E-state index >= 15 is 0 Å². The van der Waals surface area contributed by atoms with E-state index in [-0.39, 0.29) is 0 Å². The van der Waals surface area contributed by atoms with Crippen LogP contribution in [0.5, 0.6) is 0 Å². The predicted octanol–water partition coefficient (Wildman–Crippen LogP) is 2.81. The molecule has 0 aromatic heterocycles. The van der Waals surface area contributed by atoms with Gasteiger partial charge in [-0.25, -0.2) is 0 Å². The van der Waals surface area contributed by atoms with Gasteiger partial charge < -0.3 is 5.73 Å². The van der Waals surface area contributed by atoms with Gasteiger partial charge in [-0.05, 0) is 49.4 Å². The third-order valence-electron chi connectivity index (χ3n) is 4.04. The number of piperidine rings is 1. The zero-order chi connectivity index (χ0) is 12.8. The Balaban J connectivity index is 1.88. The fourth-order valence-electron chi connectivity index (χ4n) is 2.86. The summed E-state index contributed by atoms with van der Waals surface area (Å²) in [7, 11) is 0. The summed E-state index contributed by atoms with van der Waals surface area (Å²) in [5, 5.41) is 0. The summed E-state index contributed by atoms with van der Waals surface area (Å²) in [5.74, 6) is 0.912. The van der Waals surface area contributed by atoms with E-state index in [1.807, 2.05) is 0 Å². The van der Waals surface area contributed by atoms with E-state index < -0.39 is 0 Å². The highest BCUT2D eigenvalue weighted by atomic mass is 15.1. The van der Waals surface area contributed by atoms with Crippen LogP contribution in [0.3, 0.4) is 0 Å². The van der Waals surface area contributed by atoms with E-state index in [0.717, 1.165) is 25.4 Å². The lowest BCUT2D eigenvalue weighted by atomic mass is 9.95. The van der Waals surface area contributed by atoms with Crippen LogP contribution in [0.1, 0.15) is 37.3 Å². The van der Waals surface area contributed by atoms with Gasteiger partial charge in [-0.1, -0.05) is 37.6 Å². The minimum Gasteiger partial charge on any atom is -0.330 e. The summed E-state index contributed by atoms with van der Waals surface area (Å²) in [6.07, 6.45) is 5.10. The van der Waals surface area contributed by atoms with Gasteiger partial charge in [-0.15, -0.1) is 0 Å². The van der Waals surface area contributed by atoms with Crippen LogP contribution in [-0.4, -0.2) is 24.5 Å². The molecule has 1 fully saturated rings. The lowest BCUT2D eigenvalue weighted by Crippen LogP contribution is -2.34. The van der Waals surface area contributed by atoms with Crippen LogP contribution in [0, 0.1) is 5.92 Å². The van der Waals surface area contributed by atoms with Gasteiger partial charge >= 0.3 is 0 Å². The summed E-state index contributed by atoms with van der Waals surface area (Å²) in [4.78, 5) is 2.61. The molecule has 2 nitrogen and oxygen atoms in total. The molecule has 1 aliphatic heterocycles. The number of nitrogens with two attached hydrogens (primary N) is 1. The molecule has 0 bridgehead atoms. The zero-order valence-corrected chi connectivity index (χ0v) is 11.6. The molecule has 0 spiro atoms. The summed E-state index contributed by atoms with van der Waals surface area (Å²) < 4.78 is 0. The number of rotatable bonds is 5. The van der Waals surface area contributed by atoms with E-state index in [9.17, 15) is 0 Å². The van der Waals surface area contributed by atoms with Crippen molar-refractivity contribution in [1.82, 2.24) is 4.90 Å². The van der Waals surface area contributed by atoms with Crippen LogP contribution in [0.2, 0.25) is 0 Å². The first-order valence-corrected chi connectivity index (χ1v) is 7.32. The van der Waals surface area contributed by atoms with Crippen LogP contribution < -0.4 is 5.73 Å². The highest BCUT2D eigenvalue weighted by Gasteiger charge is 2.18. The summed E-state index contributed by atoms with van der Waals surface area (Å²) in [6.45, 7) is 6.71. The Morgan fingerprint density at radius 1 is 1.22 bits per heavy atom. The average molecular weight is 246 g/mol. The first-order valence-electron chi connectivity index (χ1n) is 7.32. The maximum Gasteiger partial charge on any atom is 0.0233 e. The maximum atomic E-state index is 5.57. The molecule has 1 heterocycles. The standard InChI is InChI=1S/C16H26N2/c1-2-14-4-3-11-18(12-14)13-16-7-5-15(6-8-16)9-10-17/h5-8,14H,2-4,9-13,17H2,1H3. The number of hydrogen-bond acceptors (Lipinski definition) is 2. The van der Waals surface area contributed by atoms with Crippen molar-refractivity contribution in [3.63, 3.8) is 0 Å². The van der Waals surface area contributed by atoms with E-state index in [4.69, 9.17) is 5.73 Å². The lowest BCUT2D eigenvalue weighted by molar-refractivity contribution is 0.165. The van der Waals surface area contributed by atoms with Crippen molar-refractivity contribution < 1.29 is 0 Å². The van der Waals surface area contributed by atoms with Crippen molar-refractivity contribution in [3.8, 4) is 0 Å². The normalized spacial score (nSPS) is 21.1. The van der Waals surface area contributed by atoms with E-state index in [1.54, 1.807) is 0 Å². The zero-order valence-electron chi connectivity index (χ0n) is 11.6. The molecular weight excluding hydrogens is 220 g/mol. The van der Waals surface area contributed by atoms with Gasteiger partial charge in [0.25, 0.3) is 0 Å². The van der Waals surface area contributed by atoms with Crippen molar-refractivity contribution in [1.29, 1.82) is 0 Å². The van der Waals surface area contributed by atoms with Gasteiger partial charge in [0.2, 0.25) is 0 Å². The van der Waals surface area contributed by atoms with Gasteiger partial charge in [0.05, 0.1) is 0 Å². The minimum absolute atomic E-state index is 0.740. The fraction of sp³-hybridized carbons (Fsp3) is 0.625. The second-order valence-electron chi connectivity index (χ2n) is 5.51. The molecule has 1 saturated heterocycles. The largest absolute Gasteiger partial charge is 0.330 e. The van der Waals surface area contributed by atoms with Gasteiger partial charge in [0, 0.05) is 13.1 Å². The molecule has 18 heavy (non-hydrogen) atoms. The Bertz CT molecular complexity index is 345. The Morgan fingerprint density at radius 3 is 2.61 bits per heavy atom. The molecule has 0 radical (unpaired) electrons. The number of likely N-dealkylation sites (tertiary alicyclic amines) is 1. The number of nitrogens with zero attached hydrogens (tertiary/aromatic N) is 1. The highest BCUT2D eigenvalue weighted by Crippen LogP contribution is 2.20. The lowest BCUT2D eigenvalue weighted by Gasteiger charge is -2.32. The van der Waals surface area contributed by atoms with Crippen molar-refractivity contribution in [2.24, 2.45) is 11.7 Å². The van der Waals surface area contributed by atoms with E-state index in [2.05, 4.69) is 36.1 Å². The SMILES string of the molecule is CCC1CCCN(Cc2ccc(CCN)cc2)C1. The van der Waals surface area contributed by atoms with Crippen molar-refractivity contribution in [2.45, 2.75) is 39.2 Å². The molecule has 2 heteroatoms. The first kappa shape index (κ1) is 13.6. The Labute approximate surface area is 111 Å². The monoisotopic (exact) mass is 246 g/mol. The van der Waals surface area contributed by atoms with Crippen LogP contribution >= 0.6 is 0 Å². The summed E-state index contributed by atoms with van der Waals surface area (Å²) in [6, 6.07) is 8.98. The van der Waals surface area contributed by atoms with Crippen LogP contribution in [0.25, 0.3) is 0 Å². The smallest absolute Gasteiger partial charge is 0.0233 e. The van der Waals surface area contributed by atoms with Crippen molar-refractivity contribution in [2.75, 3.05) is 19.6 Å². The molecule has 0 amide bonds.